The van der Waals surface area contributed by atoms with Crippen molar-refractivity contribution in [1.82, 2.24) is 9.80 Å². The van der Waals surface area contributed by atoms with Gasteiger partial charge in [0, 0.05) is 6.54 Å². The van der Waals surface area contributed by atoms with E-state index in [1.807, 2.05) is 6.92 Å². The van der Waals surface area contributed by atoms with Crippen LogP contribution < -0.4 is 0 Å². The minimum Gasteiger partial charge on any atom is -0.371 e. The number of urea groups is 1. The molecule has 0 radical (unpaired) electrons. The molecule has 15 heavy (non-hydrogen) atoms. The highest BCUT2D eigenvalue weighted by Gasteiger charge is 2.38. The molecule has 2 aliphatic heterocycles. The van der Waals surface area contributed by atoms with Gasteiger partial charge in [-0.15, -0.1) is 0 Å². The van der Waals surface area contributed by atoms with Gasteiger partial charge in [-0.1, -0.05) is 13.3 Å². The molecule has 0 aliphatic carbocycles. The highest BCUT2D eigenvalue weighted by molar-refractivity contribution is 6.01. The Morgan fingerprint density at radius 1 is 1.47 bits per heavy atom. The topological polar surface area (TPSA) is 53.2 Å². The lowest BCUT2D eigenvalue weighted by Gasteiger charge is -2.15. The van der Waals surface area contributed by atoms with Crippen LogP contribution >= 0.6 is 0 Å². The Labute approximate surface area is 89.0 Å². The lowest BCUT2D eigenvalue weighted by molar-refractivity contribution is -0.125. The first-order chi connectivity index (χ1) is 7.22. The fraction of sp³-hybridized carbons (Fsp3) is 0.800. The number of carbonyl (C=O) groups is 2. The highest BCUT2D eigenvalue weighted by atomic mass is 16.6. The first kappa shape index (κ1) is 10.4. The zero-order valence-electron chi connectivity index (χ0n) is 8.94. The molecule has 2 aliphatic rings. The van der Waals surface area contributed by atoms with E-state index in [0.29, 0.717) is 19.7 Å². The van der Waals surface area contributed by atoms with Gasteiger partial charge in [0.25, 0.3) is 0 Å². The maximum absolute atomic E-state index is 11.8. The zero-order valence-corrected chi connectivity index (χ0v) is 8.94. The van der Waals surface area contributed by atoms with Crippen molar-refractivity contribution in [2.45, 2.75) is 25.9 Å². The summed E-state index contributed by atoms with van der Waals surface area (Å²) in [6.07, 6.45) is 2.03. The molecule has 84 valence electrons. The lowest BCUT2D eigenvalue weighted by atomic mass is 10.3. The molecule has 0 spiro atoms. The van der Waals surface area contributed by atoms with E-state index in [2.05, 4.69) is 0 Å². The maximum atomic E-state index is 11.8. The predicted octanol–water partition coefficient (Wildman–Crippen LogP) is 0.449. The lowest BCUT2D eigenvalue weighted by Crippen LogP contribution is -2.35. The molecule has 1 unspecified atom stereocenters. The van der Waals surface area contributed by atoms with Crippen molar-refractivity contribution in [1.29, 1.82) is 0 Å². The maximum Gasteiger partial charge on any atom is 0.327 e. The van der Waals surface area contributed by atoms with Crippen LogP contribution in [-0.4, -0.2) is 54.1 Å². The van der Waals surface area contributed by atoms with E-state index in [-0.39, 0.29) is 24.6 Å². The van der Waals surface area contributed by atoms with Gasteiger partial charge in [0.1, 0.15) is 6.54 Å². The predicted molar refractivity (Wildman–Crippen MR) is 53.3 cm³/mol. The molecule has 0 aromatic heterocycles. The van der Waals surface area contributed by atoms with Gasteiger partial charge in [-0.2, -0.15) is 0 Å². The smallest absolute Gasteiger partial charge is 0.327 e. The first-order valence-electron chi connectivity index (χ1n) is 5.43. The van der Waals surface area contributed by atoms with Crippen LogP contribution in [0.1, 0.15) is 19.8 Å². The number of ether oxygens (including phenoxy) is 1. The quantitative estimate of drug-likeness (QED) is 0.491. The fourth-order valence-electron chi connectivity index (χ4n) is 1.69. The van der Waals surface area contributed by atoms with Crippen molar-refractivity contribution in [3.05, 3.63) is 0 Å². The summed E-state index contributed by atoms with van der Waals surface area (Å²) in [5, 5.41) is 0. The van der Waals surface area contributed by atoms with Gasteiger partial charge < -0.3 is 9.64 Å². The van der Waals surface area contributed by atoms with Crippen molar-refractivity contribution in [2.24, 2.45) is 0 Å². The van der Waals surface area contributed by atoms with Crippen LogP contribution in [0.2, 0.25) is 0 Å². The largest absolute Gasteiger partial charge is 0.371 e. The molecule has 0 bridgehead atoms. The Hall–Kier alpha value is -1.10. The Kier molecular flexibility index (Phi) is 2.90. The molecule has 2 heterocycles. The third kappa shape index (κ3) is 2.28. The molecular formula is C10H16N2O3. The molecule has 0 N–H and O–H groups in total. The monoisotopic (exact) mass is 212 g/mol. The summed E-state index contributed by atoms with van der Waals surface area (Å²) in [6.45, 7) is 4.10. The average molecular weight is 212 g/mol. The Morgan fingerprint density at radius 2 is 2.20 bits per heavy atom. The summed E-state index contributed by atoms with van der Waals surface area (Å²) in [5.74, 6) is -0.0749. The van der Waals surface area contributed by atoms with Crippen molar-refractivity contribution in [2.75, 3.05) is 26.2 Å². The standard InChI is InChI=1S/C10H16N2O3/c1-2-3-4-12-9(13)6-11(10(12)14)5-8-7-15-8/h8H,2-7H2,1H3. The van der Waals surface area contributed by atoms with Crippen LogP contribution in [0, 0.1) is 0 Å². The fourth-order valence-corrected chi connectivity index (χ4v) is 1.69. The second-order valence-corrected chi connectivity index (χ2v) is 4.02. The van der Waals surface area contributed by atoms with E-state index >= 15 is 0 Å². The summed E-state index contributed by atoms with van der Waals surface area (Å²) in [7, 11) is 0. The van der Waals surface area contributed by atoms with Gasteiger partial charge in [-0.25, -0.2) is 4.79 Å². The second-order valence-electron chi connectivity index (χ2n) is 4.02. The molecule has 2 rings (SSSR count). The SMILES string of the molecule is CCCCN1C(=O)CN(CC2CO2)C1=O. The first-order valence-corrected chi connectivity index (χ1v) is 5.43. The summed E-state index contributed by atoms with van der Waals surface area (Å²) >= 11 is 0. The zero-order chi connectivity index (χ0) is 10.8. The van der Waals surface area contributed by atoms with E-state index in [4.69, 9.17) is 4.74 Å². The number of imide groups is 1. The van der Waals surface area contributed by atoms with E-state index in [1.54, 1.807) is 4.90 Å². The number of carbonyl (C=O) groups excluding carboxylic acids is 2. The Morgan fingerprint density at radius 3 is 2.80 bits per heavy atom. The van der Waals surface area contributed by atoms with Gasteiger partial charge in [0.05, 0.1) is 19.3 Å². The van der Waals surface area contributed by atoms with Crippen molar-refractivity contribution in [3.63, 3.8) is 0 Å². The molecule has 5 nitrogen and oxygen atoms in total. The number of epoxide rings is 1. The normalized spacial score (nSPS) is 25.3. The molecule has 1 atom stereocenters. The number of hydrogen-bond acceptors (Lipinski definition) is 3. The number of unbranched alkanes of at least 4 members (excludes halogenated alkanes) is 1. The number of rotatable bonds is 5. The number of amides is 3. The molecular weight excluding hydrogens is 196 g/mol. The van der Waals surface area contributed by atoms with E-state index in [1.165, 1.54) is 4.90 Å². The Bertz CT molecular complexity index is 276. The van der Waals surface area contributed by atoms with Crippen molar-refractivity contribution in [3.8, 4) is 0 Å². The minimum atomic E-state index is -0.149. The van der Waals surface area contributed by atoms with Crippen LogP contribution in [-0.2, 0) is 9.53 Å². The van der Waals surface area contributed by atoms with Crippen molar-refractivity contribution >= 4 is 11.9 Å². The van der Waals surface area contributed by atoms with Crippen LogP contribution in [0.4, 0.5) is 4.79 Å². The summed E-state index contributed by atoms with van der Waals surface area (Å²) < 4.78 is 5.05. The van der Waals surface area contributed by atoms with Crippen LogP contribution in [0.3, 0.4) is 0 Å². The third-order valence-electron chi connectivity index (χ3n) is 2.69. The summed E-state index contributed by atoms with van der Waals surface area (Å²) in [4.78, 5) is 26.2. The van der Waals surface area contributed by atoms with Crippen LogP contribution in [0.25, 0.3) is 0 Å². The minimum absolute atomic E-state index is 0.0749. The third-order valence-corrected chi connectivity index (χ3v) is 2.69. The molecule has 0 aromatic carbocycles. The summed E-state index contributed by atoms with van der Waals surface area (Å²) in [5.41, 5.74) is 0. The molecule has 3 amide bonds. The van der Waals surface area contributed by atoms with Gasteiger partial charge in [-0.05, 0) is 6.42 Å². The van der Waals surface area contributed by atoms with E-state index in [9.17, 15) is 9.59 Å². The van der Waals surface area contributed by atoms with Gasteiger partial charge in [-0.3, -0.25) is 9.69 Å². The van der Waals surface area contributed by atoms with Gasteiger partial charge in [0.15, 0.2) is 0 Å². The second kappa shape index (κ2) is 4.18. The number of nitrogens with zero attached hydrogens (tertiary/aromatic N) is 2. The molecule has 0 saturated carbocycles. The molecule has 5 heteroatoms. The van der Waals surface area contributed by atoms with Gasteiger partial charge >= 0.3 is 6.03 Å². The molecule has 0 aromatic rings. The molecule has 2 saturated heterocycles. The number of hydrogen-bond donors (Lipinski definition) is 0. The average Bonchev–Trinajstić information content (AvgIpc) is 2.96. The van der Waals surface area contributed by atoms with Crippen molar-refractivity contribution < 1.29 is 14.3 Å². The highest BCUT2D eigenvalue weighted by Crippen LogP contribution is 2.17. The van der Waals surface area contributed by atoms with Crippen LogP contribution in [0.5, 0.6) is 0 Å². The summed E-state index contributed by atoms with van der Waals surface area (Å²) in [6, 6.07) is -0.149. The van der Waals surface area contributed by atoms with E-state index in [0.717, 1.165) is 12.8 Å². The van der Waals surface area contributed by atoms with Gasteiger partial charge in [0.2, 0.25) is 5.91 Å². The van der Waals surface area contributed by atoms with Crippen LogP contribution in [0.15, 0.2) is 0 Å². The Balaban J connectivity index is 1.89. The molecule has 2 fully saturated rings. The van der Waals surface area contributed by atoms with E-state index < -0.39 is 0 Å².